The Hall–Kier alpha value is -0.590. The van der Waals surface area contributed by atoms with Crippen molar-refractivity contribution >= 4 is 0 Å². The maximum absolute atomic E-state index is 9.02. The van der Waals surface area contributed by atoms with Crippen LogP contribution in [0.25, 0.3) is 0 Å². The van der Waals surface area contributed by atoms with Crippen LogP contribution in [0.1, 0.15) is 19.8 Å². The Bertz CT molecular complexity index is 119. The smallest absolute Gasteiger partial charge is 0.174 e. The number of nitrogens with zero attached hydrogens (tertiary/aromatic N) is 1. The van der Waals surface area contributed by atoms with Gasteiger partial charge in [-0.05, 0) is 6.42 Å². The van der Waals surface area contributed by atoms with Crippen LogP contribution in [0.15, 0.2) is 0 Å². The van der Waals surface area contributed by atoms with Crippen molar-refractivity contribution in [2.24, 2.45) is 0 Å². The van der Waals surface area contributed by atoms with Gasteiger partial charge < -0.3 is 10.2 Å². The lowest BCUT2D eigenvalue weighted by atomic mass is 10.0. The van der Waals surface area contributed by atoms with Crippen LogP contribution in [0.4, 0.5) is 0 Å². The van der Waals surface area contributed by atoms with Gasteiger partial charge in [0.05, 0.1) is 12.7 Å². The summed E-state index contributed by atoms with van der Waals surface area (Å²) in [6.45, 7) is 1.37. The second-order valence-corrected chi connectivity index (χ2v) is 2.05. The van der Waals surface area contributed by atoms with Crippen LogP contribution in [0.5, 0.6) is 0 Å². The quantitative estimate of drug-likeness (QED) is 0.528. The highest BCUT2D eigenvalue weighted by Crippen LogP contribution is 2.09. The van der Waals surface area contributed by atoms with Gasteiger partial charge in [-0.25, -0.2) is 0 Å². The van der Waals surface area contributed by atoms with Crippen LogP contribution in [-0.4, -0.2) is 22.4 Å². The molecule has 0 aromatic heterocycles. The van der Waals surface area contributed by atoms with Crippen LogP contribution in [-0.2, 0) is 0 Å². The van der Waals surface area contributed by atoms with Crippen molar-refractivity contribution in [2.75, 3.05) is 6.61 Å². The van der Waals surface area contributed by atoms with Crippen molar-refractivity contribution in [3.8, 4) is 6.07 Å². The minimum absolute atomic E-state index is 0.333. The van der Waals surface area contributed by atoms with E-state index in [9.17, 15) is 0 Å². The van der Waals surface area contributed by atoms with Crippen LogP contribution in [0.2, 0.25) is 0 Å². The molecule has 0 amide bonds. The fourth-order valence-electron chi connectivity index (χ4n) is 0.584. The first-order chi connectivity index (χ1) is 4.18. The number of hydrogen-bond acceptors (Lipinski definition) is 3. The molecule has 0 spiro atoms. The lowest BCUT2D eigenvalue weighted by molar-refractivity contribution is 0.0265. The molecule has 1 atom stereocenters. The summed E-state index contributed by atoms with van der Waals surface area (Å²) >= 11 is 0. The molecule has 0 heterocycles. The molecule has 0 radical (unpaired) electrons. The molecular weight excluding hydrogens is 118 g/mol. The predicted molar refractivity (Wildman–Crippen MR) is 32.6 cm³/mol. The zero-order chi connectivity index (χ0) is 7.33. The third-order valence-electron chi connectivity index (χ3n) is 1.13. The van der Waals surface area contributed by atoms with E-state index in [0.717, 1.165) is 0 Å². The number of rotatable bonds is 3. The molecule has 1 unspecified atom stereocenters. The van der Waals surface area contributed by atoms with Gasteiger partial charge in [-0.15, -0.1) is 0 Å². The van der Waals surface area contributed by atoms with Gasteiger partial charge in [0.2, 0.25) is 0 Å². The van der Waals surface area contributed by atoms with E-state index in [2.05, 4.69) is 0 Å². The van der Waals surface area contributed by atoms with Crippen molar-refractivity contribution in [1.82, 2.24) is 0 Å². The second kappa shape index (κ2) is 3.44. The summed E-state index contributed by atoms with van der Waals surface area (Å²) < 4.78 is 0. The molecule has 0 aliphatic heterocycles. The second-order valence-electron chi connectivity index (χ2n) is 2.05. The van der Waals surface area contributed by atoms with Gasteiger partial charge in [0.25, 0.3) is 0 Å². The summed E-state index contributed by atoms with van der Waals surface area (Å²) in [5.41, 5.74) is -1.51. The zero-order valence-electron chi connectivity index (χ0n) is 5.46. The van der Waals surface area contributed by atoms with Crippen molar-refractivity contribution in [1.29, 1.82) is 5.26 Å². The zero-order valence-corrected chi connectivity index (χ0v) is 5.46. The van der Waals surface area contributed by atoms with Gasteiger partial charge in [-0.2, -0.15) is 5.26 Å². The maximum atomic E-state index is 9.02. The van der Waals surface area contributed by atoms with Gasteiger partial charge in [-0.3, -0.25) is 0 Å². The third-order valence-corrected chi connectivity index (χ3v) is 1.13. The Morgan fingerprint density at radius 1 is 1.67 bits per heavy atom. The van der Waals surface area contributed by atoms with E-state index in [4.69, 9.17) is 15.5 Å². The van der Waals surface area contributed by atoms with Gasteiger partial charge in [0.1, 0.15) is 0 Å². The lowest BCUT2D eigenvalue weighted by Crippen LogP contribution is -2.30. The van der Waals surface area contributed by atoms with Crippen molar-refractivity contribution in [3.05, 3.63) is 0 Å². The Labute approximate surface area is 54.5 Å². The lowest BCUT2D eigenvalue weighted by Gasteiger charge is -2.14. The number of hydrogen-bond donors (Lipinski definition) is 2. The predicted octanol–water partition coefficient (Wildman–Crippen LogP) is 0.0335. The molecule has 0 aliphatic rings. The number of aliphatic hydroxyl groups is 2. The average Bonchev–Trinajstić information content (AvgIpc) is 1.89. The van der Waals surface area contributed by atoms with E-state index in [1.807, 2.05) is 6.92 Å². The molecule has 3 heteroatoms. The van der Waals surface area contributed by atoms with E-state index in [0.29, 0.717) is 12.8 Å². The normalized spacial score (nSPS) is 16.2. The van der Waals surface area contributed by atoms with E-state index in [-0.39, 0.29) is 0 Å². The van der Waals surface area contributed by atoms with Crippen molar-refractivity contribution in [3.63, 3.8) is 0 Å². The van der Waals surface area contributed by atoms with Gasteiger partial charge in [0.15, 0.2) is 5.60 Å². The largest absolute Gasteiger partial charge is 0.392 e. The molecule has 0 fully saturated rings. The third kappa shape index (κ3) is 2.45. The standard InChI is InChI=1S/C6H11NO2/c1-2-3-6(9,4-7)5-8/h8-9H,2-3,5H2,1H3. The first kappa shape index (κ1) is 8.41. The molecule has 2 N–H and O–H groups in total. The molecule has 3 nitrogen and oxygen atoms in total. The van der Waals surface area contributed by atoms with Crippen LogP contribution >= 0.6 is 0 Å². The van der Waals surface area contributed by atoms with E-state index in [1.54, 1.807) is 6.07 Å². The summed E-state index contributed by atoms with van der Waals surface area (Å²) in [7, 11) is 0. The van der Waals surface area contributed by atoms with E-state index >= 15 is 0 Å². The molecule has 0 aromatic rings. The fraction of sp³-hybridized carbons (Fsp3) is 0.833. The number of aliphatic hydroxyl groups excluding tert-OH is 1. The summed E-state index contributed by atoms with van der Waals surface area (Å²) in [5.74, 6) is 0. The van der Waals surface area contributed by atoms with Crippen LogP contribution in [0, 0.1) is 11.3 Å². The summed E-state index contributed by atoms with van der Waals surface area (Å²) in [6, 6.07) is 1.63. The minimum Gasteiger partial charge on any atom is -0.392 e. The maximum Gasteiger partial charge on any atom is 0.174 e. The van der Waals surface area contributed by atoms with Crippen molar-refractivity contribution in [2.45, 2.75) is 25.4 Å². The first-order valence-electron chi connectivity index (χ1n) is 2.93. The Morgan fingerprint density at radius 3 is 2.33 bits per heavy atom. The Balaban J connectivity index is 3.81. The summed E-state index contributed by atoms with van der Waals surface area (Å²) in [4.78, 5) is 0. The SMILES string of the molecule is CCCC(O)(C#N)CO. The van der Waals surface area contributed by atoms with Gasteiger partial charge in [0, 0.05) is 0 Å². The monoisotopic (exact) mass is 129 g/mol. The molecule has 0 bridgehead atoms. The van der Waals surface area contributed by atoms with Crippen molar-refractivity contribution < 1.29 is 10.2 Å². The molecular formula is C6H11NO2. The molecule has 0 aliphatic carbocycles. The summed E-state index contributed by atoms with van der Waals surface area (Å²) in [5, 5.41) is 25.7. The Morgan fingerprint density at radius 2 is 2.22 bits per heavy atom. The molecule has 0 saturated heterocycles. The fourth-order valence-corrected chi connectivity index (χ4v) is 0.584. The molecule has 0 rings (SSSR count). The van der Waals surface area contributed by atoms with Gasteiger partial charge in [-0.1, -0.05) is 13.3 Å². The topological polar surface area (TPSA) is 64.2 Å². The van der Waals surface area contributed by atoms with E-state index in [1.165, 1.54) is 0 Å². The van der Waals surface area contributed by atoms with E-state index < -0.39 is 12.2 Å². The molecule has 52 valence electrons. The Kier molecular flexibility index (Phi) is 3.21. The highest BCUT2D eigenvalue weighted by atomic mass is 16.3. The van der Waals surface area contributed by atoms with Crippen LogP contribution in [0.3, 0.4) is 0 Å². The minimum atomic E-state index is -1.51. The molecule has 0 aromatic carbocycles. The average molecular weight is 129 g/mol. The number of nitriles is 1. The summed E-state index contributed by atoms with van der Waals surface area (Å²) in [6.07, 6.45) is 1.03. The van der Waals surface area contributed by atoms with Crippen LogP contribution < -0.4 is 0 Å². The molecule has 0 saturated carbocycles. The molecule has 9 heavy (non-hydrogen) atoms. The highest BCUT2D eigenvalue weighted by molar-refractivity contribution is 4.99. The highest BCUT2D eigenvalue weighted by Gasteiger charge is 2.23. The van der Waals surface area contributed by atoms with Gasteiger partial charge >= 0.3 is 0 Å². The first-order valence-corrected chi connectivity index (χ1v) is 2.93.